The van der Waals surface area contributed by atoms with Crippen molar-refractivity contribution in [3.05, 3.63) is 109 Å². The van der Waals surface area contributed by atoms with E-state index in [1.54, 1.807) is 0 Å². The Balaban J connectivity index is 1.75. The Morgan fingerprint density at radius 3 is 2.06 bits per heavy atom. The van der Waals surface area contributed by atoms with E-state index in [0.29, 0.717) is 0 Å². The number of hydrogen-bond acceptors (Lipinski definition) is 1. The summed E-state index contributed by atoms with van der Waals surface area (Å²) in [5.41, 5.74) is 10.9. The smallest absolute Gasteiger partial charge is 0.0802 e. The van der Waals surface area contributed by atoms with Gasteiger partial charge < -0.3 is 4.57 Å². The van der Waals surface area contributed by atoms with Crippen LogP contribution in [0.5, 0.6) is 0 Å². The van der Waals surface area contributed by atoms with E-state index in [2.05, 4.69) is 108 Å². The van der Waals surface area contributed by atoms with Crippen molar-refractivity contribution < 1.29 is 0 Å². The summed E-state index contributed by atoms with van der Waals surface area (Å²) in [7, 11) is 0. The van der Waals surface area contributed by atoms with Gasteiger partial charge in [-0.05, 0) is 23.3 Å². The lowest BCUT2D eigenvalue weighted by Gasteiger charge is -2.12. The van der Waals surface area contributed by atoms with E-state index in [1.165, 1.54) is 49.7 Å². The Morgan fingerprint density at radius 2 is 1.23 bits per heavy atom. The molecule has 0 unspecified atom stereocenters. The number of benzene rings is 4. The first-order valence-electron chi connectivity index (χ1n) is 10.6. The molecule has 7 rings (SSSR count). The van der Waals surface area contributed by atoms with Gasteiger partial charge in [-0.25, -0.2) is 0 Å². The standard InChI is InChI=1S/C29H18N2/c1-2-9-19(10-3-1)28-27-24-15-8-14-23-21-12-5-4-11-20(21)22-13-6-7-16-25(22)31(29(23)24)26(27)17-18-30-28/h1-18H. The normalized spacial score (nSPS) is 11.9. The van der Waals surface area contributed by atoms with Gasteiger partial charge in [0.15, 0.2) is 0 Å². The second-order valence-electron chi connectivity index (χ2n) is 8.02. The first-order chi connectivity index (χ1) is 15.4. The highest BCUT2D eigenvalue weighted by Crippen LogP contribution is 2.47. The topological polar surface area (TPSA) is 17.8 Å². The van der Waals surface area contributed by atoms with Crippen LogP contribution in [0.1, 0.15) is 0 Å². The molecule has 0 amide bonds. The molecule has 144 valence electrons. The Labute approximate surface area is 180 Å². The number of para-hydroxylation sites is 2. The van der Waals surface area contributed by atoms with Crippen molar-refractivity contribution in [3.8, 4) is 39.2 Å². The molecule has 2 aromatic heterocycles. The van der Waals surface area contributed by atoms with Gasteiger partial charge in [0.05, 0.1) is 22.4 Å². The number of rotatable bonds is 1. The molecule has 0 fully saturated rings. The molecule has 2 heteroatoms. The van der Waals surface area contributed by atoms with E-state index >= 15 is 0 Å². The van der Waals surface area contributed by atoms with Crippen molar-refractivity contribution in [3.63, 3.8) is 0 Å². The zero-order valence-electron chi connectivity index (χ0n) is 16.8. The zero-order chi connectivity index (χ0) is 20.4. The third-order valence-corrected chi connectivity index (χ3v) is 6.40. The van der Waals surface area contributed by atoms with Crippen LogP contribution in [0.4, 0.5) is 0 Å². The Hall–Kier alpha value is -4.17. The third-order valence-electron chi connectivity index (χ3n) is 6.40. The lowest BCUT2D eigenvalue weighted by molar-refractivity contribution is 1.18. The second kappa shape index (κ2) is 6.16. The lowest BCUT2D eigenvalue weighted by atomic mass is 9.93. The summed E-state index contributed by atoms with van der Waals surface area (Å²) in [6.07, 6.45) is 1.94. The molecule has 0 atom stereocenters. The predicted molar refractivity (Wildman–Crippen MR) is 128 cm³/mol. The summed E-state index contributed by atoms with van der Waals surface area (Å²) in [6, 6.07) is 36.8. The van der Waals surface area contributed by atoms with E-state index in [-0.39, 0.29) is 0 Å². The van der Waals surface area contributed by atoms with Crippen molar-refractivity contribution in [2.24, 2.45) is 0 Å². The van der Waals surface area contributed by atoms with Crippen LogP contribution < -0.4 is 0 Å². The van der Waals surface area contributed by atoms with Gasteiger partial charge in [-0.1, -0.05) is 91.0 Å². The number of aromatic nitrogens is 2. The maximum atomic E-state index is 4.84. The third kappa shape index (κ3) is 2.19. The van der Waals surface area contributed by atoms with Crippen molar-refractivity contribution in [2.45, 2.75) is 0 Å². The summed E-state index contributed by atoms with van der Waals surface area (Å²) >= 11 is 0. The van der Waals surface area contributed by atoms with Gasteiger partial charge in [-0.2, -0.15) is 0 Å². The van der Waals surface area contributed by atoms with Crippen LogP contribution in [-0.2, 0) is 0 Å². The molecule has 1 aliphatic rings. The molecule has 2 nitrogen and oxygen atoms in total. The molecule has 31 heavy (non-hydrogen) atoms. The largest absolute Gasteiger partial charge is 0.308 e. The van der Waals surface area contributed by atoms with E-state index in [1.807, 2.05) is 6.20 Å². The van der Waals surface area contributed by atoms with Gasteiger partial charge >= 0.3 is 0 Å². The second-order valence-corrected chi connectivity index (χ2v) is 8.02. The number of hydrogen-bond donors (Lipinski definition) is 0. The molecule has 0 bridgehead atoms. The highest BCUT2D eigenvalue weighted by atomic mass is 15.0. The van der Waals surface area contributed by atoms with Crippen LogP contribution in [0.15, 0.2) is 109 Å². The van der Waals surface area contributed by atoms with Crippen molar-refractivity contribution in [1.29, 1.82) is 0 Å². The lowest BCUT2D eigenvalue weighted by Crippen LogP contribution is -1.95. The van der Waals surface area contributed by atoms with Crippen LogP contribution in [0.3, 0.4) is 0 Å². The van der Waals surface area contributed by atoms with Gasteiger partial charge in [0.1, 0.15) is 0 Å². The van der Waals surface area contributed by atoms with Crippen molar-refractivity contribution in [1.82, 2.24) is 9.55 Å². The first kappa shape index (κ1) is 16.6. The monoisotopic (exact) mass is 394 g/mol. The maximum absolute atomic E-state index is 4.84. The molecule has 3 heterocycles. The van der Waals surface area contributed by atoms with Gasteiger partial charge in [-0.3, -0.25) is 4.98 Å². The number of pyridine rings is 1. The summed E-state index contributed by atoms with van der Waals surface area (Å²) in [5.74, 6) is 0. The number of nitrogens with zero attached hydrogens (tertiary/aromatic N) is 2. The summed E-state index contributed by atoms with van der Waals surface area (Å²) in [4.78, 5) is 4.84. The van der Waals surface area contributed by atoms with Crippen LogP contribution in [-0.4, -0.2) is 9.55 Å². The van der Waals surface area contributed by atoms with Crippen LogP contribution in [0.2, 0.25) is 0 Å². The summed E-state index contributed by atoms with van der Waals surface area (Å²) < 4.78 is 2.43. The van der Waals surface area contributed by atoms with Gasteiger partial charge in [0.25, 0.3) is 0 Å². The Bertz CT molecular complexity index is 1620. The number of fused-ring (bicyclic) bond motifs is 8. The molecule has 0 aliphatic carbocycles. The average Bonchev–Trinajstić information content (AvgIpc) is 3.12. The van der Waals surface area contributed by atoms with Crippen LogP contribution in [0, 0.1) is 0 Å². The fraction of sp³-hybridized carbons (Fsp3) is 0. The Kier molecular flexibility index (Phi) is 3.30. The van der Waals surface area contributed by atoms with Gasteiger partial charge in [0.2, 0.25) is 0 Å². The molecule has 0 radical (unpaired) electrons. The van der Waals surface area contributed by atoms with Gasteiger partial charge in [-0.15, -0.1) is 0 Å². The fourth-order valence-electron chi connectivity index (χ4n) is 5.14. The molecule has 0 saturated heterocycles. The minimum Gasteiger partial charge on any atom is -0.308 e. The highest BCUT2D eigenvalue weighted by Gasteiger charge is 2.25. The maximum Gasteiger partial charge on any atom is 0.0802 e. The van der Waals surface area contributed by atoms with E-state index < -0.39 is 0 Å². The minimum absolute atomic E-state index is 1.03. The molecular formula is C29H18N2. The minimum atomic E-state index is 1.03. The van der Waals surface area contributed by atoms with Crippen molar-refractivity contribution >= 4 is 21.8 Å². The average molecular weight is 394 g/mol. The zero-order valence-corrected chi connectivity index (χ0v) is 16.8. The fourth-order valence-corrected chi connectivity index (χ4v) is 5.14. The van der Waals surface area contributed by atoms with Crippen LogP contribution in [0.25, 0.3) is 61.0 Å². The van der Waals surface area contributed by atoms with E-state index in [0.717, 1.165) is 11.3 Å². The van der Waals surface area contributed by atoms with Crippen LogP contribution >= 0.6 is 0 Å². The SMILES string of the molecule is c1ccc(-c2nccc3c2c2cccc4c2n3-c2ccccc2-c2ccccc2-4)cc1. The molecule has 0 saturated carbocycles. The summed E-state index contributed by atoms with van der Waals surface area (Å²) in [6.45, 7) is 0. The van der Waals surface area contributed by atoms with Gasteiger partial charge in [0, 0.05) is 33.7 Å². The molecule has 4 aromatic carbocycles. The predicted octanol–water partition coefficient (Wildman–Crippen LogP) is 7.49. The first-order valence-corrected chi connectivity index (χ1v) is 10.6. The molecule has 0 N–H and O–H groups in total. The molecule has 6 aromatic rings. The summed E-state index contributed by atoms with van der Waals surface area (Å²) in [5, 5.41) is 2.45. The van der Waals surface area contributed by atoms with E-state index in [9.17, 15) is 0 Å². The molecule has 0 spiro atoms. The highest BCUT2D eigenvalue weighted by molar-refractivity contribution is 6.19. The molecular weight excluding hydrogens is 376 g/mol. The van der Waals surface area contributed by atoms with Crippen molar-refractivity contribution in [2.75, 3.05) is 0 Å². The van der Waals surface area contributed by atoms with E-state index in [4.69, 9.17) is 4.98 Å². The Morgan fingerprint density at radius 1 is 0.548 bits per heavy atom. The molecule has 1 aliphatic heterocycles. The quantitative estimate of drug-likeness (QED) is 0.282.